The molecule has 2 unspecified atom stereocenters. The summed E-state index contributed by atoms with van der Waals surface area (Å²) in [6.07, 6.45) is 0.445. The molecule has 1 amide bonds. The molecule has 0 bridgehead atoms. The van der Waals surface area contributed by atoms with Gasteiger partial charge in [-0.2, -0.15) is 4.68 Å². The summed E-state index contributed by atoms with van der Waals surface area (Å²) in [5.74, 6) is -2.06. The van der Waals surface area contributed by atoms with E-state index in [1.807, 2.05) is 44.2 Å². The number of hydrogen-bond acceptors (Lipinski definition) is 6. The van der Waals surface area contributed by atoms with Crippen molar-refractivity contribution < 1.29 is 44.3 Å². The maximum absolute atomic E-state index is 12.3. The van der Waals surface area contributed by atoms with Crippen LogP contribution in [0.15, 0.2) is 30.3 Å². The molecule has 1 aliphatic carbocycles. The van der Waals surface area contributed by atoms with Crippen molar-refractivity contribution in [3.63, 3.8) is 0 Å². The van der Waals surface area contributed by atoms with Gasteiger partial charge in [-0.25, -0.2) is 0 Å². The van der Waals surface area contributed by atoms with Gasteiger partial charge in [-0.05, 0) is 34.4 Å². The molecule has 132 valence electrons. The Kier molecular flexibility index (Phi) is 6.91. The third kappa shape index (κ3) is 3.97. The van der Waals surface area contributed by atoms with Crippen molar-refractivity contribution in [2.75, 3.05) is 6.54 Å². The maximum atomic E-state index is 12.3. The fourth-order valence-electron chi connectivity index (χ4n) is 3.47. The van der Waals surface area contributed by atoms with E-state index in [-0.39, 0.29) is 47.3 Å². The topological polar surface area (TPSA) is 113 Å². The second kappa shape index (κ2) is 8.75. The average molecular weight is 365 g/mol. The minimum absolute atomic E-state index is 0. The molecule has 1 heterocycles. The number of tetrazole rings is 1. The first kappa shape index (κ1) is 20.5. The van der Waals surface area contributed by atoms with Crippen molar-refractivity contribution >= 4 is 11.9 Å². The van der Waals surface area contributed by atoms with Gasteiger partial charge < -0.3 is 15.2 Å². The molecular weight excluding hydrogens is 345 g/mol. The third-order valence-electron chi connectivity index (χ3n) is 5.11. The summed E-state index contributed by atoms with van der Waals surface area (Å²) < 4.78 is 1.62. The maximum Gasteiger partial charge on any atom is 1.00 e. The summed E-state index contributed by atoms with van der Waals surface area (Å²) in [6, 6.07) is 9.46. The molecule has 9 heteroatoms. The molecule has 1 fully saturated rings. The van der Waals surface area contributed by atoms with Crippen LogP contribution in [0.1, 0.15) is 19.7 Å². The number of amides is 1. The van der Waals surface area contributed by atoms with Gasteiger partial charge in [-0.1, -0.05) is 32.0 Å². The first-order chi connectivity index (χ1) is 12.0. The van der Waals surface area contributed by atoms with E-state index in [9.17, 15) is 14.7 Å². The van der Waals surface area contributed by atoms with E-state index in [4.69, 9.17) is 0 Å². The number of aliphatic carboxylic acids is 1. The zero-order valence-corrected chi connectivity index (χ0v) is 17.1. The Morgan fingerprint density at radius 2 is 1.81 bits per heavy atom. The molecule has 1 aromatic carbocycles. The number of aromatic nitrogens is 4. The number of nitrogens with zero attached hydrogens (tertiary/aromatic N) is 4. The molecule has 3 rings (SSSR count). The van der Waals surface area contributed by atoms with Crippen LogP contribution in [0.5, 0.6) is 0 Å². The van der Waals surface area contributed by atoms with Gasteiger partial charge in [-0.3, -0.25) is 4.79 Å². The van der Waals surface area contributed by atoms with E-state index >= 15 is 0 Å². The van der Waals surface area contributed by atoms with Crippen LogP contribution >= 0.6 is 0 Å². The van der Waals surface area contributed by atoms with Gasteiger partial charge >= 0.3 is 29.6 Å². The fraction of sp³-hybridized carbons (Fsp3) is 0.471. The third-order valence-corrected chi connectivity index (χ3v) is 5.11. The molecule has 2 aromatic rings. The molecule has 1 aromatic heterocycles. The molecular formula is C17H20N5NaO3. The average Bonchev–Trinajstić information content (AvgIpc) is 3.07. The number of nitrogens with one attached hydrogen (secondary N) is 1. The zero-order chi connectivity index (χ0) is 18.0. The van der Waals surface area contributed by atoms with Gasteiger partial charge in [0.25, 0.3) is 0 Å². The number of rotatable bonds is 6. The largest absolute Gasteiger partial charge is 1.00 e. The minimum atomic E-state index is -1.15. The van der Waals surface area contributed by atoms with E-state index in [2.05, 4.69) is 20.8 Å². The Balaban J connectivity index is 0.00000243. The molecule has 0 saturated heterocycles. The van der Waals surface area contributed by atoms with Crippen molar-refractivity contribution in [2.24, 2.45) is 23.7 Å². The van der Waals surface area contributed by atoms with E-state index in [1.54, 1.807) is 4.68 Å². The normalized spacial score (nSPS) is 24.2. The van der Waals surface area contributed by atoms with E-state index < -0.39 is 17.8 Å². The smallest absolute Gasteiger partial charge is 0.550 e. The number of hydrogen-bond donors (Lipinski definition) is 1. The summed E-state index contributed by atoms with van der Waals surface area (Å²) in [6.45, 7) is 4.07. The van der Waals surface area contributed by atoms with Gasteiger partial charge in [0, 0.05) is 30.8 Å². The molecule has 1 saturated carbocycles. The Hall–Kier alpha value is -1.77. The van der Waals surface area contributed by atoms with Crippen molar-refractivity contribution in [1.82, 2.24) is 25.5 Å². The van der Waals surface area contributed by atoms with Crippen molar-refractivity contribution in [3.05, 3.63) is 36.2 Å². The Morgan fingerprint density at radius 1 is 1.15 bits per heavy atom. The predicted octanol–water partition coefficient (Wildman–Crippen LogP) is -3.41. The molecule has 1 N–H and O–H groups in total. The number of benzene rings is 1. The molecule has 0 spiro atoms. The number of carboxylic acids is 1. The molecule has 26 heavy (non-hydrogen) atoms. The number of carbonyl (C=O) groups excluding carboxylic acids is 2. The fourth-order valence-corrected chi connectivity index (χ4v) is 3.47. The Bertz CT molecular complexity index is 767. The number of para-hydroxylation sites is 1. The van der Waals surface area contributed by atoms with Gasteiger partial charge in [0.2, 0.25) is 5.91 Å². The standard InChI is InChI=1S/C17H21N5O3.Na/c1-10-11(2)15(17(24)25)14(10)16(23)18-9-8-13-19-20-21-22(13)12-6-4-3-5-7-12;/h3-7,10-11,14-15H,8-9H2,1-2H3,(H,18,23)(H,24,25);/q;+1/p-1/t10?,11?,14-,15+;/m0./s1. The summed E-state index contributed by atoms with van der Waals surface area (Å²) in [5, 5.41) is 25.6. The van der Waals surface area contributed by atoms with E-state index in [0.29, 0.717) is 18.8 Å². The molecule has 8 nitrogen and oxygen atoms in total. The zero-order valence-electron chi connectivity index (χ0n) is 15.1. The number of carbonyl (C=O) groups is 2. The SMILES string of the molecule is CC1C(C)[C@H](C(=O)NCCc2nnnn2-c2ccccc2)[C@@H]1C(=O)[O-].[Na+]. The Morgan fingerprint density at radius 3 is 2.46 bits per heavy atom. The van der Waals surface area contributed by atoms with Crippen LogP contribution in [0.25, 0.3) is 5.69 Å². The second-order valence-corrected chi connectivity index (χ2v) is 6.47. The van der Waals surface area contributed by atoms with Gasteiger partial charge in [0.05, 0.1) is 5.69 Å². The summed E-state index contributed by atoms with van der Waals surface area (Å²) in [4.78, 5) is 23.5. The van der Waals surface area contributed by atoms with Crippen molar-refractivity contribution in [3.8, 4) is 5.69 Å². The molecule has 1 aliphatic rings. The molecule has 4 atom stereocenters. The summed E-state index contributed by atoms with van der Waals surface area (Å²) in [7, 11) is 0. The van der Waals surface area contributed by atoms with Crippen LogP contribution in [0.4, 0.5) is 0 Å². The van der Waals surface area contributed by atoms with Crippen molar-refractivity contribution in [1.29, 1.82) is 0 Å². The molecule has 0 aliphatic heterocycles. The van der Waals surface area contributed by atoms with E-state index in [0.717, 1.165) is 5.69 Å². The van der Waals surface area contributed by atoms with Crippen LogP contribution in [0.3, 0.4) is 0 Å². The van der Waals surface area contributed by atoms with Gasteiger partial charge in [-0.15, -0.1) is 5.10 Å². The first-order valence-electron chi connectivity index (χ1n) is 8.32. The summed E-state index contributed by atoms with van der Waals surface area (Å²) in [5.41, 5.74) is 0.840. The monoisotopic (exact) mass is 365 g/mol. The second-order valence-electron chi connectivity index (χ2n) is 6.47. The van der Waals surface area contributed by atoms with Crippen molar-refractivity contribution in [2.45, 2.75) is 20.3 Å². The first-order valence-corrected chi connectivity index (χ1v) is 8.32. The van der Waals surface area contributed by atoms with Crippen LogP contribution in [0, 0.1) is 23.7 Å². The van der Waals surface area contributed by atoms with Gasteiger partial charge in [0.1, 0.15) is 0 Å². The number of carboxylic acid groups (broad SMARTS) is 1. The summed E-state index contributed by atoms with van der Waals surface area (Å²) >= 11 is 0. The van der Waals surface area contributed by atoms with Crippen LogP contribution < -0.4 is 40.0 Å². The van der Waals surface area contributed by atoms with Gasteiger partial charge in [0.15, 0.2) is 5.82 Å². The Labute approximate surface area is 173 Å². The van der Waals surface area contributed by atoms with E-state index in [1.165, 1.54) is 0 Å². The van der Waals surface area contributed by atoms with Crippen LogP contribution in [-0.4, -0.2) is 38.6 Å². The molecule has 0 radical (unpaired) electrons. The van der Waals surface area contributed by atoms with Crippen LogP contribution in [-0.2, 0) is 16.0 Å². The quantitative estimate of drug-likeness (QED) is 0.534. The predicted molar refractivity (Wildman–Crippen MR) is 86.2 cm³/mol. The van der Waals surface area contributed by atoms with Crippen LogP contribution in [0.2, 0.25) is 0 Å². The minimum Gasteiger partial charge on any atom is -0.550 e.